The smallest absolute Gasteiger partial charge is 0.280 e. The molecule has 0 saturated heterocycles. The van der Waals surface area contributed by atoms with E-state index in [9.17, 15) is 8.42 Å². The van der Waals surface area contributed by atoms with Crippen LogP contribution in [0.4, 0.5) is 5.69 Å². The van der Waals surface area contributed by atoms with Gasteiger partial charge in [-0.1, -0.05) is 15.9 Å². The summed E-state index contributed by atoms with van der Waals surface area (Å²) in [7, 11) is -3.65. The molecule has 2 aromatic rings. The molecule has 0 aliphatic heterocycles. The van der Waals surface area contributed by atoms with Crippen molar-refractivity contribution < 1.29 is 8.42 Å². The first kappa shape index (κ1) is 15.1. The third-order valence-corrected chi connectivity index (χ3v) is 5.12. The van der Waals surface area contributed by atoms with E-state index in [1.54, 1.807) is 29.8 Å². The Hall–Kier alpha value is -1.34. The van der Waals surface area contributed by atoms with Crippen LogP contribution in [0.25, 0.3) is 0 Å². The van der Waals surface area contributed by atoms with Crippen molar-refractivity contribution in [1.29, 1.82) is 0 Å². The number of aryl methyl sites for hydroxylation is 3. The zero-order valence-electron chi connectivity index (χ0n) is 11.5. The molecule has 1 aromatic carbocycles. The summed E-state index contributed by atoms with van der Waals surface area (Å²) >= 11 is 3.38. The van der Waals surface area contributed by atoms with Gasteiger partial charge in [0.25, 0.3) is 10.0 Å². The molecule has 0 spiro atoms. The van der Waals surface area contributed by atoms with Gasteiger partial charge in [-0.25, -0.2) is 4.98 Å². The molecule has 0 amide bonds. The monoisotopic (exact) mass is 357 g/mol. The van der Waals surface area contributed by atoms with Gasteiger partial charge < -0.3 is 4.57 Å². The maximum Gasteiger partial charge on any atom is 0.280 e. The average molecular weight is 358 g/mol. The first-order valence-electron chi connectivity index (χ1n) is 6.16. The Balaban J connectivity index is 2.32. The number of rotatable bonds is 4. The van der Waals surface area contributed by atoms with Crippen molar-refractivity contribution in [3.05, 3.63) is 40.3 Å². The lowest BCUT2D eigenvalue weighted by atomic mass is 10.2. The molecule has 0 aliphatic carbocycles. The van der Waals surface area contributed by atoms with Crippen LogP contribution in [0.3, 0.4) is 0 Å². The van der Waals surface area contributed by atoms with Crippen molar-refractivity contribution in [2.45, 2.75) is 32.3 Å². The number of aromatic nitrogens is 2. The Bertz CT molecular complexity index is 738. The predicted molar refractivity (Wildman–Crippen MR) is 82.3 cm³/mol. The first-order valence-corrected chi connectivity index (χ1v) is 8.44. The Labute approximate surface area is 127 Å². The SMILES string of the molecule is CCn1cc(S(=O)(=O)Nc2ccc(Br)c(C)c2)nc1C. The molecule has 7 heteroatoms. The minimum absolute atomic E-state index is 0.0393. The van der Waals surface area contributed by atoms with E-state index < -0.39 is 10.0 Å². The van der Waals surface area contributed by atoms with Crippen LogP contribution in [0.1, 0.15) is 18.3 Å². The van der Waals surface area contributed by atoms with Crippen LogP contribution in [0.2, 0.25) is 0 Å². The van der Waals surface area contributed by atoms with Gasteiger partial charge in [0.05, 0.1) is 0 Å². The molecule has 0 saturated carbocycles. The largest absolute Gasteiger partial charge is 0.334 e. The quantitative estimate of drug-likeness (QED) is 0.914. The molecule has 5 nitrogen and oxygen atoms in total. The summed E-state index contributed by atoms with van der Waals surface area (Å²) in [6.07, 6.45) is 1.55. The van der Waals surface area contributed by atoms with Crippen LogP contribution in [-0.2, 0) is 16.6 Å². The second-order valence-corrected chi connectivity index (χ2v) is 6.97. The summed E-state index contributed by atoms with van der Waals surface area (Å²) in [4.78, 5) is 4.09. The molecular weight excluding hydrogens is 342 g/mol. The van der Waals surface area contributed by atoms with E-state index in [-0.39, 0.29) is 5.03 Å². The number of sulfonamides is 1. The third kappa shape index (κ3) is 3.04. The number of nitrogens with zero attached hydrogens (tertiary/aromatic N) is 2. The fraction of sp³-hybridized carbons (Fsp3) is 0.308. The second kappa shape index (κ2) is 5.57. The van der Waals surface area contributed by atoms with E-state index in [1.807, 2.05) is 19.9 Å². The molecule has 0 unspecified atom stereocenters. The molecule has 0 aliphatic rings. The predicted octanol–water partition coefficient (Wildman–Crippen LogP) is 3.08. The molecule has 0 bridgehead atoms. The van der Waals surface area contributed by atoms with Crippen LogP contribution in [0.5, 0.6) is 0 Å². The highest BCUT2D eigenvalue weighted by atomic mass is 79.9. The number of imidazole rings is 1. The summed E-state index contributed by atoms with van der Waals surface area (Å²) in [6, 6.07) is 5.28. The molecule has 1 heterocycles. The highest BCUT2D eigenvalue weighted by Crippen LogP contribution is 2.22. The lowest BCUT2D eigenvalue weighted by molar-refractivity contribution is 0.598. The standard InChI is InChI=1S/C13H16BrN3O2S/c1-4-17-8-13(15-10(17)3)20(18,19)16-11-5-6-12(14)9(2)7-11/h5-8,16H,4H2,1-3H3. The molecule has 0 fully saturated rings. The molecular formula is C13H16BrN3O2S. The highest BCUT2D eigenvalue weighted by molar-refractivity contribution is 9.10. The number of hydrogen-bond acceptors (Lipinski definition) is 3. The number of anilines is 1. The van der Waals surface area contributed by atoms with Crippen molar-refractivity contribution in [3.8, 4) is 0 Å². The zero-order valence-corrected chi connectivity index (χ0v) is 13.9. The second-order valence-electron chi connectivity index (χ2n) is 4.48. The number of halogens is 1. The first-order chi connectivity index (χ1) is 9.33. The molecule has 0 radical (unpaired) electrons. The Morgan fingerprint density at radius 1 is 1.35 bits per heavy atom. The van der Waals surface area contributed by atoms with Crippen molar-refractivity contribution in [1.82, 2.24) is 9.55 Å². The van der Waals surface area contributed by atoms with Gasteiger partial charge in [0.1, 0.15) is 5.82 Å². The van der Waals surface area contributed by atoms with Gasteiger partial charge in [-0.3, -0.25) is 4.72 Å². The van der Waals surface area contributed by atoms with Crippen molar-refractivity contribution in [3.63, 3.8) is 0 Å². The molecule has 108 valence electrons. The topological polar surface area (TPSA) is 64.0 Å². The van der Waals surface area contributed by atoms with Crippen LogP contribution >= 0.6 is 15.9 Å². The molecule has 1 aromatic heterocycles. The van der Waals surface area contributed by atoms with Gasteiger partial charge >= 0.3 is 0 Å². The molecule has 2 rings (SSSR count). The average Bonchev–Trinajstić information content (AvgIpc) is 2.76. The Kier molecular flexibility index (Phi) is 4.19. The van der Waals surface area contributed by atoms with Crippen LogP contribution in [0.15, 0.2) is 33.9 Å². The van der Waals surface area contributed by atoms with Crippen molar-refractivity contribution in [2.75, 3.05) is 4.72 Å². The zero-order chi connectivity index (χ0) is 14.9. The molecule has 0 atom stereocenters. The van der Waals surface area contributed by atoms with E-state index in [4.69, 9.17) is 0 Å². The van der Waals surface area contributed by atoms with Crippen LogP contribution < -0.4 is 4.72 Å². The van der Waals surface area contributed by atoms with Crippen LogP contribution in [0, 0.1) is 13.8 Å². The number of benzene rings is 1. The normalized spacial score (nSPS) is 11.6. The van der Waals surface area contributed by atoms with Crippen molar-refractivity contribution in [2.24, 2.45) is 0 Å². The van der Waals surface area contributed by atoms with Crippen LogP contribution in [-0.4, -0.2) is 18.0 Å². The molecule has 20 heavy (non-hydrogen) atoms. The fourth-order valence-corrected chi connectivity index (χ4v) is 3.15. The number of nitrogens with one attached hydrogen (secondary N) is 1. The van der Waals surface area contributed by atoms with Gasteiger partial charge in [0.2, 0.25) is 0 Å². The van der Waals surface area contributed by atoms with Gasteiger partial charge in [-0.05, 0) is 44.5 Å². The van der Waals surface area contributed by atoms with E-state index in [0.29, 0.717) is 18.1 Å². The molecule has 1 N–H and O–H groups in total. The fourth-order valence-electron chi connectivity index (χ4n) is 1.84. The lowest BCUT2D eigenvalue weighted by Gasteiger charge is -2.07. The summed E-state index contributed by atoms with van der Waals surface area (Å²) in [5.41, 5.74) is 1.48. The van der Waals surface area contributed by atoms with E-state index in [0.717, 1.165) is 10.0 Å². The van der Waals surface area contributed by atoms with Gasteiger partial charge in [-0.2, -0.15) is 8.42 Å². The van der Waals surface area contributed by atoms with E-state index in [1.165, 1.54) is 0 Å². The summed E-state index contributed by atoms with van der Waals surface area (Å²) < 4.78 is 29.8. The maximum atomic E-state index is 12.3. The van der Waals surface area contributed by atoms with Gasteiger partial charge in [0, 0.05) is 22.9 Å². The summed E-state index contributed by atoms with van der Waals surface area (Å²) in [6.45, 7) is 6.31. The van der Waals surface area contributed by atoms with E-state index in [2.05, 4.69) is 25.6 Å². The van der Waals surface area contributed by atoms with Gasteiger partial charge in [0.15, 0.2) is 5.03 Å². The summed E-state index contributed by atoms with van der Waals surface area (Å²) in [5.74, 6) is 0.680. The Morgan fingerprint density at radius 2 is 2.05 bits per heavy atom. The summed E-state index contributed by atoms with van der Waals surface area (Å²) in [5, 5.41) is 0.0393. The third-order valence-electron chi connectivity index (χ3n) is 2.98. The highest BCUT2D eigenvalue weighted by Gasteiger charge is 2.19. The Morgan fingerprint density at radius 3 is 2.60 bits per heavy atom. The number of hydrogen-bond donors (Lipinski definition) is 1. The van der Waals surface area contributed by atoms with Gasteiger partial charge in [-0.15, -0.1) is 0 Å². The lowest BCUT2D eigenvalue weighted by Crippen LogP contribution is -2.13. The maximum absolute atomic E-state index is 12.3. The van der Waals surface area contributed by atoms with E-state index >= 15 is 0 Å². The van der Waals surface area contributed by atoms with Crippen molar-refractivity contribution >= 4 is 31.6 Å². The minimum Gasteiger partial charge on any atom is -0.334 e. The minimum atomic E-state index is -3.65.